The highest BCUT2D eigenvalue weighted by Crippen LogP contribution is 2.40. The molecule has 0 saturated heterocycles. The summed E-state index contributed by atoms with van der Waals surface area (Å²) in [4.78, 5) is 0. The fraction of sp³-hybridized carbons (Fsp3) is 0.133. The average Bonchev–Trinajstić information content (AvgIpc) is 3.37. The SMILES string of the molecule is [Al][C]1=CC(n2c3ccccc3c3ccccc32)CC(n2c3c(c4ccccc42)CCC=C3)=C1. The molecule has 0 N–H and O–H groups in total. The molecule has 2 aliphatic rings. The van der Waals surface area contributed by atoms with Crippen molar-refractivity contribution in [1.29, 1.82) is 0 Å². The molecule has 2 heterocycles. The third-order valence-corrected chi connectivity index (χ3v) is 7.59. The van der Waals surface area contributed by atoms with E-state index in [1.807, 2.05) is 0 Å². The van der Waals surface area contributed by atoms with E-state index in [9.17, 15) is 0 Å². The highest BCUT2D eigenvalue weighted by molar-refractivity contribution is 6.24. The standard InChI is InChI=1S/C30H23N2.Al/c1-5-16-27-23(12-1)24-13-2-6-17-28(24)31(27)21-10-9-11-22(20-21)32-29-18-7-3-14-25(29)26-15-4-8-19-30(26)32;/h1-3,5-8,10-14,16-19,21H,4,15,20H2;. The predicted molar refractivity (Wildman–Crippen MR) is 141 cm³/mol. The summed E-state index contributed by atoms with van der Waals surface area (Å²) in [6.07, 6.45) is 12.6. The second-order valence-corrected chi connectivity index (χ2v) is 9.80. The Balaban J connectivity index is 1.44. The van der Waals surface area contributed by atoms with Gasteiger partial charge in [-0.1, -0.05) is 72.8 Å². The molecule has 0 saturated carbocycles. The first kappa shape index (κ1) is 19.2. The average molecular weight is 439 g/mol. The molecule has 2 nitrogen and oxygen atoms in total. The molecule has 33 heavy (non-hydrogen) atoms. The fourth-order valence-corrected chi connectivity index (χ4v) is 6.34. The number of allylic oxidation sites excluding steroid dienone is 5. The van der Waals surface area contributed by atoms with Gasteiger partial charge in [0.15, 0.2) is 16.3 Å². The highest BCUT2D eigenvalue weighted by Gasteiger charge is 2.24. The molecule has 3 heteroatoms. The lowest BCUT2D eigenvalue weighted by atomic mass is 10.0. The second-order valence-electron chi connectivity index (χ2n) is 9.14. The maximum Gasteiger partial charge on any atom is 0.175 e. The third kappa shape index (κ3) is 2.86. The molecule has 2 radical (unpaired) electrons. The minimum Gasteiger partial charge on any atom is -0.333 e. The third-order valence-electron chi connectivity index (χ3n) is 7.23. The number of fused-ring (bicyclic) bond motifs is 6. The summed E-state index contributed by atoms with van der Waals surface area (Å²) in [5.74, 6) is 0. The molecular weight excluding hydrogens is 415 g/mol. The van der Waals surface area contributed by atoms with E-state index < -0.39 is 0 Å². The first-order valence-corrected chi connectivity index (χ1v) is 12.3. The lowest BCUT2D eigenvalue weighted by molar-refractivity contribution is 0.642. The molecule has 2 aromatic heterocycles. The number of hydrogen-bond donors (Lipinski definition) is 0. The molecule has 2 aliphatic carbocycles. The quantitative estimate of drug-likeness (QED) is 0.257. The number of aryl methyl sites for hydroxylation is 1. The summed E-state index contributed by atoms with van der Waals surface area (Å²) in [6.45, 7) is 0. The molecule has 156 valence electrons. The van der Waals surface area contributed by atoms with E-state index in [1.165, 1.54) is 54.1 Å². The Morgan fingerprint density at radius 3 is 2.12 bits per heavy atom. The monoisotopic (exact) mass is 438 g/mol. The normalized spacial score (nSPS) is 18.0. The van der Waals surface area contributed by atoms with Crippen molar-refractivity contribution >= 4 is 60.8 Å². The van der Waals surface area contributed by atoms with Crippen molar-refractivity contribution in [1.82, 2.24) is 9.13 Å². The molecule has 3 aromatic carbocycles. The van der Waals surface area contributed by atoms with E-state index >= 15 is 0 Å². The number of rotatable bonds is 2. The molecule has 1 unspecified atom stereocenters. The number of para-hydroxylation sites is 3. The van der Waals surface area contributed by atoms with Crippen LogP contribution in [0.1, 0.15) is 30.1 Å². The summed E-state index contributed by atoms with van der Waals surface area (Å²) in [5.41, 5.74) is 8.13. The Kier molecular flexibility index (Phi) is 4.31. The van der Waals surface area contributed by atoms with Gasteiger partial charge in [0, 0.05) is 45.0 Å². The van der Waals surface area contributed by atoms with Gasteiger partial charge >= 0.3 is 0 Å². The molecule has 0 spiro atoms. The highest BCUT2D eigenvalue weighted by atomic mass is 27.0. The summed E-state index contributed by atoms with van der Waals surface area (Å²) >= 11 is 2.97. The van der Waals surface area contributed by atoms with Crippen LogP contribution in [-0.2, 0) is 6.42 Å². The molecule has 0 bridgehead atoms. The van der Waals surface area contributed by atoms with Gasteiger partial charge in [-0.05, 0) is 42.7 Å². The van der Waals surface area contributed by atoms with Crippen LogP contribution in [0.25, 0.3) is 44.5 Å². The van der Waals surface area contributed by atoms with Gasteiger partial charge in [-0.15, -0.1) is 4.44 Å². The summed E-state index contributed by atoms with van der Waals surface area (Å²) in [6, 6.07) is 26.8. The first-order chi connectivity index (χ1) is 16.3. The Bertz CT molecular complexity index is 1600. The van der Waals surface area contributed by atoms with E-state index in [2.05, 4.69) is 123 Å². The van der Waals surface area contributed by atoms with Crippen LogP contribution in [0, 0.1) is 0 Å². The van der Waals surface area contributed by atoms with Crippen LogP contribution in [0.15, 0.2) is 95.5 Å². The number of hydrogen-bond acceptors (Lipinski definition) is 0. The maximum atomic E-state index is 2.97. The minimum absolute atomic E-state index is 0.256. The van der Waals surface area contributed by atoms with Crippen LogP contribution in [0.2, 0.25) is 0 Å². The van der Waals surface area contributed by atoms with E-state index in [1.54, 1.807) is 0 Å². The lowest BCUT2D eigenvalue weighted by Crippen LogP contribution is -2.14. The smallest absolute Gasteiger partial charge is 0.175 e. The number of aromatic nitrogens is 2. The van der Waals surface area contributed by atoms with Crippen molar-refractivity contribution in [3.05, 3.63) is 107 Å². The van der Waals surface area contributed by atoms with E-state index in [4.69, 9.17) is 0 Å². The van der Waals surface area contributed by atoms with Gasteiger partial charge in [-0.25, -0.2) is 0 Å². The molecule has 1 atom stereocenters. The van der Waals surface area contributed by atoms with Crippen molar-refractivity contribution in [3.8, 4) is 0 Å². The molecule has 0 aliphatic heterocycles. The topological polar surface area (TPSA) is 9.86 Å². The second kappa shape index (κ2) is 7.39. The van der Waals surface area contributed by atoms with Crippen LogP contribution < -0.4 is 0 Å². The minimum atomic E-state index is 0.256. The van der Waals surface area contributed by atoms with Crippen LogP contribution >= 0.6 is 0 Å². The van der Waals surface area contributed by atoms with E-state index in [0.29, 0.717) is 0 Å². The number of benzene rings is 3. The van der Waals surface area contributed by atoms with Crippen molar-refractivity contribution < 1.29 is 0 Å². The Hall–Kier alpha value is -3.25. The van der Waals surface area contributed by atoms with Crippen molar-refractivity contribution in [2.45, 2.75) is 25.3 Å². The first-order valence-electron chi connectivity index (χ1n) is 11.7. The van der Waals surface area contributed by atoms with Gasteiger partial charge < -0.3 is 9.13 Å². The summed E-state index contributed by atoms with van der Waals surface area (Å²) in [5, 5.41) is 4.05. The van der Waals surface area contributed by atoms with Gasteiger partial charge in [-0.2, -0.15) is 0 Å². The Morgan fingerprint density at radius 1 is 0.758 bits per heavy atom. The summed E-state index contributed by atoms with van der Waals surface area (Å²) in [7, 11) is 0. The zero-order chi connectivity index (χ0) is 21.9. The van der Waals surface area contributed by atoms with Gasteiger partial charge in [-0.3, -0.25) is 0 Å². The molecule has 0 fully saturated rings. The van der Waals surface area contributed by atoms with Crippen LogP contribution in [0.5, 0.6) is 0 Å². The largest absolute Gasteiger partial charge is 0.333 e. The van der Waals surface area contributed by atoms with Gasteiger partial charge in [0.05, 0.1) is 11.6 Å². The Labute approximate surface area is 201 Å². The van der Waals surface area contributed by atoms with E-state index in [-0.39, 0.29) is 6.04 Å². The summed E-state index contributed by atoms with van der Waals surface area (Å²) < 4.78 is 6.29. The molecule has 5 aromatic rings. The van der Waals surface area contributed by atoms with Crippen molar-refractivity contribution in [2.24, 2.45) is 0 Å². The fourth-order valence-electron chi connectivity index (χ4n) is 5.92. The van der Waals surface area contributed by atoms with Crippen LogP contribution in [0.3, 0.4) is 0 Å². The van der Waals surface area contributed by atoms with Gasteiger partial charge in [0.2, 0.25) is 0 Å². The zero-order valence-electron chi connectivity index (χ0n) is 18.4. The van der Waals surface area contributed by atoms with E-state index in [0.717, 1.165) is 19.3 Å². The predicted octanol–water partition coefficient (Wildman–Crippen LogP) is 7.25. The lowest BCUT2D eigenvalue weighted by Gasteiger charge is -2.27. The van der Waals surface area contributed by atoms with Crippen molar-refractivity contribution in [3.63, 3.8) is 0 Å². The van der Waals surface area contributed by atoms with Crippen LogP contribution in [0.4, 0.5) is 0 Å². The maximum absolute atomic E-state index is 2.97. The van der Waals surface area contributed by atoms with Gasteiger partial charge in [0.25, 0.3) is 0 Å². The van der Waals surface area contributed by atoms with Crippen molar-refractivity contribution in [2.75, 3.05) is 0 Å². The van der Waals surface area contributed by atoms with Gasteiger partial charge in [0.1, 0.15) is 0 Å². The molecule has 7 rings (SSSR count). The zero-order valence-corrected chi connectivity index (χ0v) is 19.6. The Morgan fingerprint density at radius 2 is 1.39 bits per heavy atom. The molecular formula is C30H23AlN2. The van der Waals surface area contributed by atoms with Crippen LogP contribution in [-0.4, -0.2) is 25.4 Å². The number of nitrogens with zero attached hydrogens (tertiary/aromatic N) is 2. The molecule has 0 amide bonds.